The van der Waals surface area contributed by atoms with Crippen LogP contribution in [0.1, 0.15) is 150 Å². The first-order valence-corrected chi connectivity index (χ1v) is 17.8. The third kappa shape index (κ3) is 19.0. The molecule has 0 saturated carbocycles. The van der Waals surface area contributed by atoms with E-state index in [1.54, 1.807) is 0 Å². The molecule has 0 bridgehead atoms. The number of carbonyl (C=O) groups is 1. The summed E-state index contributed by atoms with van der Waals surface area (Å²) < 4.78 is 23.3. The van der Waals surface area contributed by atoms with Crippen LogP contribution in [0.5, 0.6) is 0 Å². The number of hydrogen-bond donors (Lipinski definition) is 2. The van der Waals surface area contributed by atoms with Crippen molar-refractivity contribution < 1.29 is 28.8 Å². The minimum absolute atomic E-state index is 0.135. The zero-order valence-corrected chi connectivity index (χ0v) is 26.8. The van der Waals surface area contributed by atoms with Crippen LogP contribution in [0.25, 0.3) is 0 Å². The van der Waals surface area contributed by atoms with Gasteiger partial charge in [0.15, 0.2) is 0 Å². The molecule has 0 aliphatic rings. The number of thioether (sulfide) groups is 1. The molecule has 0 spiro atoms. The second-order valence-corrected chi connectivity index (χ2v) is 13.6. The zero-order chi connectivity index (χ0) is 28.5. The molecule has 0 radical (unpaired) electrons. The lowest BCUT2D eigenvalue weighted by Gasteiger charge is -2.25. The molecule has 0 amide bonds. The monoisotopic (exact) mass is 579 g/mol. The molecule has 8 heteroatoms. The van der Waals surface area contributed by atoms with E-state index >= 15 is 0 Å². The molecule has 38 heavy (non-hydrogen) atoms. The van der Waals surface area contributed by atoms with Crippen LogP contribution >= 0.6 is 19.8 Å². The van der Waals surface area contributed by atoms with Crippen molar-refractivity contribution >= 4 is 25.8 Å². The molecule has 4 atom stereocenters. The minimum atomic E-state index is -2.79. The van der Waals surface area contributed by atoms with Crippen LogP contribution < -0.4 is 0 Å². The molecule has 0 rings (SSSR count). The van der Waals surface area contributed by atoms with Crippen molar-refractivity contribution in [2.24, 2.45) is 0 Å². The van der Waals surface area contributed by atoms with Crippen LogP contribution in [-0.2, 0) is 18.6 Å². The summed E-state index contributed by atoms with van der Waals surface area (Å²) in [6.45, 7) is 7.87. The lowest BCUT2D eigenvalue weighted by molar-refractivity contribution is -0.156. The molecule has 0 heterocycles. The first kappa shape index (κ1) is 37.8. The van der Waals surface area contributed by atoms with Gasteiger partial charge in [0.25, 0.3) is 0 Å². The molecule has 0 fully saturated rings. The summed E-state index contributed by atoms with van der Waals surface area (Å²) >= 11 is 1.90. The molecule has 2 N–H and O–H groups in total. The Balaban J connectivity index is 4.62. The molecule has 0 aliphatic carbocycles. The van der Waals surface area contributed by atoms with Crippen LogP contribution in [0.4, 0.5) is 0 Å². The Kier molecular flexibility index (Phi) is 25.6. The summed E-state index contributed by atoms with van der Waals surface area (Å²) in [5.41, 5.74) is 0. The topological polar surface area (TPSA) is 93.1 Å². The van der Waals surface area contributed by atoms with E-state index in [0.29, 0.717) is 6.42 Å². The molecule has 226 valence electrons. The average molecular weight is 580 g/mol. The molecule has 4 unspecified atom stereocenters. The van der Waals surface area contributed by atoms with Crippen molar-refractivity contribution in [2.45, 2.75) is 166 Å². The van der Waals surface area contributed by atoms with Gasteiger partial charge in [-0.05, 0) is 36.5 Å². The Bertz CT molecular complexity index is 579. The van der Waals surface area contributed by atoms with E-state index in [0.717, 1.165) is 18.6 Å². The van der Waals surface area contributed by atoms with Crippen molar-refractivity contribution in [2.75, 3.05) is 19.0 Å². The van der Waals surface area contributed by atoms with Gasteiger partial charge >= 0.3 is 19.3 Å². The van der Waals surface area contributed by atoms with Gasteiger partial charge in [-0.1, -0.05) is 124 Å². The predicted molar refractivity (Wildman–Crippen MR) is 163 cm³/mol. The third-order valence-electron chi connectivity index (χ3n) is 7.05. The smallest absolute Gasteiger partial charge is 0.476 e. The molecular formula is C30H60O6PS+. The van der Waals surface area contributed by atoms with Gasteiger partial charge in [-0.2, -0.15) is 11.8 Å². The second-order valence-electron chi connectivity index (χ2n) is 10.7. The van der Waals surface area contributed by atoms with E-state index in [-0.39, 0.29) is 18.0 Å². The standard InChI is InChI=1S/C30H59O6PS/c1-5-8-10-12-14-15-16-18-20-22-25-38-28(23-21-19-17-13-11-9-6-2)27(4)35-26-30(33,29(31)32)37(34)36-24-7-3/h27-28,33H,5-26H2,1-4H3/p+1. The summed E-state index contributed by atoms with van der Waals surface area (Å²) in [4.78, 5) is 11.7. The maximum Gasteiger partial charge on any atom is 0.558 e. The fourth-order valence-corrected chi connectivity index (χ4v) is 6.66. The fourth-order valence-electron chi connectivity index (χ4n) is 4.41. The van der Waals surface area contributed by atoms with Gasteiger partial charge in [-0.15, -0.1) is 4.52 Å². The van der Waals surface area contributed by atoms with E-state index in [2.05, 4.69) is 13.8 Å². The Morgan fingerprint density at radius 1 is 0.789 bits per heavy atom. The summed E-state index contributed by atoms with van der Waals surface area (Å²) in [6.07, 6.45) is 23.2. The highest BCUT2D eigenvalue weighted by molar-refractivity contribution is 7.99. The average Bonchev–Trinajstić information content (AvgIpc) is 2.91. The molecular weight excluding hydrogens is 519 g/mol. The number of rotatable bonds is 29. The predicted octanol–water partition coefficient (Wildman–Crippen LogP) is 9.50. The quantitative estimate of drug-likeness (QED) is 0.0673. The van der Waals surface area contributed by atoms with Crippen molar-refractivity contribution in [1.82, 2.24) is 0 Å². The van der Waals surface area contributed by atoms with Crippen molar-refractivity contribution in [3.63, 3.8) is 0 Å². The lowest BCUT2D eigenvalue weighted by Crippen LogP contribution is -2.42. The van der Waals surface area contributed by atoms with Gasteiger partial charge in [0.2, 0.25) is 0 Å². The van der Waals surface area contributed by atoms with Crippen molar-refractivity contribution in [1.29, 1.82) is 0 Å². The Labute approximate surface area is 239 Å². The Morgan fingerprint density at radius 2 is 1.26 bits per heavy atom. The maximum absolute atomic E-state index is 12.4. The van der Waals surface area contributed by atoms with E-state index in [1.807, 2.05) is 25.6 Å². The molecule has 0 aromatic carbocycles. The Hall–Kier alpha value is -0.200. The molecule has 0 saturated heterocycles. The van der Waals surface area contributed by atoms with E-state index in [9.17, 15) is 19.6 Å². The summed E-state index contributed by atoms with van der Waals surface area (Å²) in [6, 6.07) is 0. The van der Waals surface area contributed by atoms with Crippen molar-refractivity contribution in [3.05, 3.63) is 0 Å². The highest BCUT2D eigenvalue weighted by Gasteiger charge is 2.58. The molecule has 6 nitrogen and oxygen atoms in total. The van der Waals surface area contributed by atoms with E-state index < -0.39 is 25.9 Å². The first-order valence-electron chi connectivity index (χ1n) is 15.6. The van der Waals surface area contributed by atoms with E-state index in [1.165, 1.54) is 103 Å². The van der Waals surface area contributed by atoms with Gasteiger partial charge in [0.1, 0.15) is 13.2 Å². The highest BCUT2D eigenvalue weighted by atomic mass is 32.2. The van der Waals surface area contributed by atoms with Crippen LogP contribution in [0.15, 0.2) is 0 Å². The maximum atomic E-state index is 12.4. The number of aliphatic hydroxyl groups is 1. The van der Waals surface area contributed by atoms with Crippen molar-refractivity contribution in [3.8, 4) is 0 Å². The third-order valence-corrected chi connectivity index (χ3v) is 9.96. The van der Waals surface area contributed by atoms with Gasteiger partial charge in [0.05, 0.1) is 6.10 Å². The van der Waals surface area contributed by atoms with Gasteiger partial charge < -0.3 is 14.9 Å². The summed E-state index contributed by atoms with van der Waals surface area (Å²) in [5.74, 6) is -0.508. The Morgan fingerprint density at radius 3 is 1.74 bits per heavy atom. The number of carboxylic acids is 1. The second kappa shape index (κ2) is 25.7. The van der Waals surface area contributed by atoms with E-state index in [4.69, 9.17) is 9.26 Å². The number of hydrogen-bond acceptors (Lipinski definition) is 6. The minimum Gasteiger partial charge on any atom is -0.476 e. The lowest BCUT2D eigenvalue weighted by atomic mass is 10.1. The normalized spacial score (nSPS) is 15.2. The van der Waals surface area contributed by atoms with Crippen LogP contribution in [0.2, 0.25) is 0 Å². The number of carboxylic acid groups (broad SMARTS) is 1. The number of unbranched alkanes of at least 4 members (excludes halogenated alkanes) is 15. The largest absolute Gasteiger partial charge is 0.558 e. The first-order chi connectivity index (χ1) is 18.3. The van der Waals surface area contributed by atoms with Gasteiger partial charge in [-0.25, -0.2) is 4.79 Å². The van der Waals surface area contributed by atoms with Gasteiger partial charge in [0, 0.05) is 5.25 Å². The molecule has 0 aliphatic heterocycles. The van der Waals surface area contributed by atoms with Gasteiger partial charge in [-0.3, -0.25) is 0 Å². The van der Waals surface area contributed by atoms with Crippen LogP contribution in [0, 0.1) is 0 Å². The SMILES string of the molecule is CCCCCCCCCCCCSC(CCCCCCCCC)C(C)OCC(O)(C(=O)O)[P+](=O)OCCC. The summed E-state index contributed by atoms with van der Waals surface area (Å²) in [5, 5.41) is 17.8. The zero-order valence-electron chi connectivity index (χ0n) is 25.1. The molecule has 0 aromatic heterocycles. The highest BCUT2D eigenvalue weighted by Crippen LogP contribution is 2.39. The number of ether oxygens (including phenoxy) is 1. The van der Waals surface area contributed by atoms with Crippen LogP contribution in [-0.4, -0.2) is 51.8 Å². The molecule has 0 aromatic rings. The summed E-state index contributed by atoms with van der Waals surface area (Å²) in [7, 11) is -2.79. The fraction of sp³-hybridized carbons (Fsp3) is 0.967. The number of aliphatic carboxylic acids is 1. The van der Waals surface area contributed by atoms with Crippen LogP contribution in [0.3, 0.4) is 0 Å².